The smallest absolute Gasteiger partial charge is 0.294 e. The quantitative estimate of drug-likeness (QED) is 0.675. The van der Waals surface area contributed by atoms with Crippen LogP contribution < -0.4 is 15.4 Å². The molecule has 1 aromatic heterocycles. The summed E-state index contributed by atoms with van der Waals surface area (Å²) >= 11 is 0. The molecule has 1 aliphatic heterocycles. The van der Waals surface area contributed by atoms with Gasteiger partial charge in [-0.3, -0.25) is 4.79 Å². The number of amides is 1. The molecule has 126 valence electrons. The molecular weight excluding hydrogens is 306 g/mol. The van der Waals surface area contributed by atoms with E-state index in [1.54, 1.807) is 47.6 Å². The molecule has 0 unspecified atom stereocenters. The molecule has 2 N–H and O–H groups in total. The third kappa shape index (κ3) is 3.44. The molecule has 0 radical (unpaired) electrons. The monoisotopic (exact) mass is 327 g/mol. The summed E-state index contributed by atoms with van der Waals surface area (Å²) in [4.78, 5) is 16.6. The number of nitrogens with two attached hydrogens (primary N) is 1. The fraction of sp³-hybridized carbons (Fsp3) is 0.278. The van der Waals surface area contributed by atoms with Crippen molar-refractivity contribution in [3.63, 3.8) is 0 Å². The first-order chi connectivity index (χ1) is 11.5. The Kier molecular flexibility index (Phi) is 4.57. The van der Waals surface area contributed by atoms with Gasteiger partial charge in [-0.15, -0.1) is 0 Å². The second-order valence-electron chi connectivity index (χ2n) is 5.97. The van der Waals surface area contributed by atoms with Crippen molar-refractivity contribution in [3.05, 3.63) is 48.1 Å². The Bertz CT molecular complexity index is 751. The zero-order chi connectivity index (χ0) is 17.1. The summed E-state index contributed by atoms with van der Waals surface area (Å²) in [6.07, 6.45) is 4.02. The molecule has 0 bridgehead atoms. The van der Waals surface area contributed by atoms with E-state index < -0.39 is 0 Å². The Labute approximate surface area is 141 Å². The van der Waals surface area contributed by atoms with E-state index in [0.717, 1.165) is 13.0 Å². The number of hydrogen-bond acceptors (Lipinski definition) is 5. The van der Waals surface area contributed by atoms with E-state index in [2.05, 4.69) is 4.90 Å². The number of hydrogen-bond donors (Lipinski definition) is 1. The lowest BCUT2D eigenvalue weighted by molar-refractivity contribution is -0.117. The number of ether oxygens (including phenoxy) is 1. The molecule has 6 nitrogen and oxygen atoms in total. The van der Waals surface area contributed by atoms with Crippen LogP contribution in [0.1, 0.15) is 12.2 Å². The van der Waals surface area contributed by atoms with Gasteiger partial charge in [0, 0.05) is 18.3 Å². The highest BCUT2D eigenvalue weighted by molar-refractivity contribution is 6.10. The van der Waals surface area contributed by atoms with Crippen LogP contribution in [0.25, 0.3) is 6.08 Å². The number of nitrogens with zero attached hydrogens (tertiary/aromatic N) is 2. The number of carbonyl (C=O) groups excluding carboxylic acids is 1. The molecule has 0 atom stereocenters. The second kappa shape index (κ2) is 6.80. The van der Waals surface area contributed by atoms with Gasteiger partial charge in [0.2, 0.25) is 0 Å². The Morgan fingerprint density at radius 1 is 1.29 bits per heavy atom. The molecule has 0 saturated carbocycles. The summed E-state index contributed by atoms with van der Waals surface area (Å²) in [5.41, 5.74) is 7.18. The van der Waals surface area contributed by atoms with Gasteiger partial charge in [-0.2, -0.15) is 0 Å². The van der Waals surface area contributed by atoms with Crippen molar-refractivity contribution in [1.29, 1.82) is 0 Å². The minimum atomic E-state index is -0.191. The molecule has 3 rings (SSSR count). The van der Waals surface area contributed by atoms with Gasteiger partial charge in [-0.05, 0) is 57.4 Å². The van der Waals surface area contributed by atoms with Gasteiger partial charge in [-0.25, -0.2) is 0 Å². The summed E-state index contributed by atoms with van der Waals surface area (Å²) in [6, 6.07) is 8.86. The molecule has 0 aliphatic carbocycles. The molecule has 24 heavy (non-hydrogen) atoms. The van der Waals surface area contributed by atoms with Gasteiger partial charge in [0.15, 0.2) is 11.5 Å². The number of nitrogen functional groups attached to an aromatic ring is 1. The maximum Gasteiger partial charge on any atom is 0.294 e. The van der Waals surface area contributed by atoms with E-state index in [4.69, 9.17) is 14.9 Å². The Balaban J connectivity index is 1.92. The highest BCUT2D eigenvalue weighted by Gasteiger charge is 2.30. The minimum absolute atomic E-state index is 0.191. The van der Waals surface area contributed by atoms with Crippen LogP contribution in [-0.4, -0.2) is 38.0 Å². The van der Waals surface area contributed by atoms with Crippen LogP contribution in [0.3, 0.4) is 0 Å². The lowest BCUT2D eigenvalue weighted by Gasteiger charge is -2.31. The van der Waals surface area contributed by atoms with E-state index in [-0.39, 0.29) is 11.7 Å². The second-order valence-corrected chi connectivity index (χ2v) is 5.97. The lowest BCUT2D eigenvalue weighted by Crippen LogP contribution is -2.39. The summed E-state index contributed by atoms with van der Waals surface area (Å²) in [5.74, 6) is 1.24. The molecular formula is C18H21N3O3. The number of rotatable bonds is 5. The normalized spacial score (nSPS) is 15.7. The molecule has 0 fully saturated rings. The van der Waals surface area contributed by atoms with Gasteiger partial charge in [0.05, 0.1) is 12.0 Å². The topological polar surface area (TPSA) is 71.9 Å². The van der Waals surface area contributed by atoms with Crippen LogP contribution in [0.15, 0.2) is 46.8 Å². The van der Waals surface area contributed by atoms with Crippen LogP contribution in [-0.2, 0) is 4.79 Å². The molecule has 2 heterocycles. The summed E-state index contributed by atoms with van der Waals surface area (Å²) in [7, 11) is 4.02. The number of anilines is 2. The van der Waals surface area contributed by atoms with E-state index in [0.29, 0.717) is 29.4 Å². The third-order valence-electron chi connectivity index (χ3n) is 3.75. The largest absolute Gasteiger partial charge is 0.465 e. The van der Waals surface area contributed by atoms with Gasteiger partial charge in [0.25, 0.3) is 5.91 Å². The fourth-order valence-electron chi connectivity index (χ4n) is 2.60. The van der Waals surface area contributed by atoms with Crippen molar-refractivity contribution < 1.29 is 13.9 Å². The van der Waals surface area contributed by atoms with Crippen LogP contribution in [0.4, 0.5) is 11.4 Å². The Morgan fingerprint density at radius 3 is 2.83 bits per heavy atom. The first-order valence-corrected chi connectivity index (χ1v) is 7.84. The van der Waals surface area contributed by atoms with Crippen LogP contribution >= 0.6 is 0 Å². The van der Waals surface area contributed by atoms with Crippen molar-refractivity contribution in [2.45, 2.75) is 6.42 Å². The lowest BCUT2D eigenvalue weighted by atomic mass is 10.1. The zero-order valence-electron chi connectivity index (χ0n) is 13.9. The SMILES string of the molecule is CN(C)CCCN1C(=O)/C(=C\c2ccco2)Oc2ccc(N)cc21. The average molecular weight is 327 g/mol. The molecule has 6 heteroatoms. The summed E-state index contributed by atoms with van der Waals surface area (Å²) < 4.78 is 11.1. The summed E-state index contributed by atoms with van der Waals surface area (Å²) in [6.45, 7) is 1.48. The van der Waals surface area contributed by atoms with E-state index in [1.807, 2.05) is 14.1 Å². The van der Waals surface area contributed by atoms with Crippen LogP contribution in [0, 0.1) is 0 Å². The van der Waals surface area contributed by atoms with Crippen LogP contribution in [0.5, 0.6) is 5.75 Å². The van der Waals surface area contributed by atoms with Crippen molar-refractivity contribution >= 4 is 23.4 Å². The first kappa shape index (κ1) is 16.1. The Hall–Kier alpha value is -2.73. The van der Waals surface area contributed by atoms with E-state index >= 15 is 0 Å². The number of fused-ring (bicyclic) bond motifs is 1. The van der Waals surface area contributed by atoms with Crippen LogP contribution in [0.2, 0.25) is 0 Å². The highest BCUT2D eigenvalue weighted by Crippen LogP contribution is 2.37. The molecule has 0 saturated heterocycles. The molecule has 1 aromatic carbocycles. The predicted molar refractivity (Wildman–Crippen MR) is 93.7 cm³/mol. The first-order valence-electron chi connectivity index (χ1n) is 7.84. The van der Waals surface area contributed by atoms with Gasteiger partial charge < -0.3 is 24.7 Å². The molecule has 2 aromatic rings. The zero-order valence-corrected chi connectivity index (χ0v) is 13.9. The highest BCUT2D eigenvalue weighted by atomic mass is 16.5. The molecule has 1 amide bonds. The van der Waals surface area contributed by atoms with Gasteiger partial charge in [-0.1, -0.05) is 0 Å². The van der Waals surface area contributed by atoms with Crippen molar-refractivity contribution in [1.82, 2.24) is 4.90 Å². The number of benzene rings is 1. The summed E-state index contributed by atoms with van der Waals surface area (Å²) in [5, 5.41) is 0. The maximum absolute atomic E-state index is 12.8. The van der Waals surface area contributed by atoms with Gasteiger partial charge >= 0.3 is 0 Å². The third-order valence-corrected chi connectivity index (χ3v) is 3.75. The van der Waals surface area contributed by atoms with E-state index in [1.165, 1.54) is 0 Å². The Morgan fingerprint density at radius 2 is 2.12 bits per heavy atom. The molecule has 1 aliphatic rings. The fourth-order valence-corrected chi connectivity index (χ4v) is 2.60. The standard InChI is InChI=1S/C18H21N3O3/c1-20(2)8-4-9-21-15-11-13(19)6-7-16(15)24-17(18(21)22)12-14-5-3-10-23-14/h3,5-7,10-12H,4,8-9,19H2,1-2H3/b17-12+. The van der Waals surface area contributed by atoms with Gasteiger partial charge in [0.1, 0.15) is 5.76 Å². The van der Waals surface area contributed by atoms with Crippen molar-refractivity contribution in [3.8, 4) is 5.75 Å². The van der Waals surface area contributed by atoms with E-state index in [9.17, 15) is 4.79 Å². The predicted octanol–water partition coefficient (Wildman–Crippen LogP) is 2.58. The number of carbonyl (C=O) groups is 1. The average Bonchev–Trinajstić information content (AvgIpc) is 3.04. The molecule has 0 spiro atoms. The van der Waals surface area contributed by atoms with Crippen molar-refractivity contribution in [2.24, 2.45) is 0 Å². The number of furan rings is 1. The maximum atomic E-state index is 12.8. The minimum Gasteiger partial charge on any atom is -0.465 e. The van der Waals surface area contributed by atoms with Crippen molar-refractivity contribution in [2.75, 3.05) is 37.8 Å².